The van der Waals surface area contributed by atoms with Crippen LogP contribution in [0, 0.1) is 29.1 Å². The smallest absolute Gasteiger partial charge is 0.430 e. The third-order valence-electron chi connectivity index (χ3n) is 1.95. The van der Waals surface area contributed by atoms with Crippen LogP contribution in [-0.4, -0.2) is 12.8 Å². The molecule has 0 aliphatic heterocycles. The van der Waals surface area contributed by atoms with Gasteiger partial charge in [-0.2, -0.15) is 0 Å². The Morgan fingerprint density at radius 3 is 1.89 bits per heavy atom. The first-order valence-electron chi connectivity index (χ1n) is 4.80. The molecular weight excluding hydrogens is 275 g/mol. The van der Waals surface area contributed by atoms with Crippen molar-refractivity contribution in [2.45, 2.75) is 6.61 Å². The highest BCUT2D eigenvalue weighted by Gasteiger charge is 2.26. The van der Waals surface area contributed by atoms with Crippen LogP contribution in [0.15, 0.2) is 12.7 Å². The molecule has 0 aliphatic carbocycles. The summed E-state index contributed by atoms with van der Waals surface area (Å²) in [6.07, 6.45) is -0.136. The standard InChI is InChI=1S/C11H7F5O3/c1-2-3-18-11(17)19-4-5-6(12)8(14)10(16)9(15)7(5)13/h2H,1,3-4H2. The highest BCUT2D eigenvalue weighted by Crippen LogP contribution is 2.23. The molecule has 0 bridgehead atoms. The Hall–Kier alpha value is -2.12. The molecule has 0 spiro atoms. The van der Waals surface area contributed by atoms with Gasteiger partial charge in [0, 0.05) is 0 Å². The Labute approximate surface area is 104 Å². The number of halogens is 5. The normalized spacial score (nSPS) is 10.2. The van der Waals surface area contributed by atoms with Crippen LogP contribution in [0.3, 0.4) is 0 Å². The van der Waals surface area contributed by atoms with E-state index in [0.717, 1.165) is 0 Å². The summed E-state index contributed by atoms with van der Waals surface area (Å²) >= 11 is 0. The van der Waals surface area contributed by atoms with E-state index in [1.54, 1.807) is 0 Å². The molecule has 104 valence electrons. The Bertz CT molecular complexity index is 487. The summed E-state index contributed by atoms with van der Waals surface area (Å²) in [6.45, 7) is 1.84. The van der Waals surface area contributed by atoms with Gasteiger partial charge in [0.05, 0.1) is 5.56 Å². The van der Waals surface area contributed by atoms with Gasteiger partial charge in [0.25, 0.3) is 0 Å². The van der Waals surface area contributed by atoms with E-state index < -0.39 is 47.4 Å². The molecule has 1 aromatic carbocycles. The van der Waals surface area contributed by atoms with Gasteiger partial charge >= 0.3 is 6.16 Å². The van der Waals surface area contributed by atoms with Crippen molar-refractivity contribution in [1.29, 1.82) is 0 Å². The predicted octanol–water partition coefficient (Wildman–Crippen LogP) is 3.22. The molecule has 0 unspecified atom stereocenters. The second-order valence-electron chi connectivity index (χ2n) is 3.19. The first kappa shape index (κ1) is 14.9. The summed E-state index contributed by atoms with van der Waals surface area (Å²) < 4.78 is 73.0. The van der Waals surface area contributed by atoms with Crippen LogP contribution in [0.25, 0.3) is 0 Å². The van der Waals surface area contributed by atoms with Gasteiger partial charge in [-0.15, -0.1) is 0 Å². The molecule has 0 aromatic heterocycles. The lowest BCUT2D eigenvalue weighted by molar-refractivity contribution is 0.0557. The third-order valence-corrected chi connectivity index (χ3v) is 1.95. The first-order valence-corrected chi connectivity index (χ1v) is 4.80. The molecule has 0 radical (unpaired) electrons. The molecule has 1 aromatic rings. The summed E-state index contributed by atoms with van der Waals surface area (Å²) in [7, 11) is 0. The minimum atomic E-state index is -2.28. The fourth-order valence-corrected chi connectivity index (χ4v) is 1.08. The van der Waals surface area contributed by atoms with Crippen molar-refractivity contribution in [2.75, 3.05) is 6.61 Å². The lowest BCUT2D eigenvalue weighted by Crippen LogP contribution is -2.12. The van der Waals surface area contributed by atoms with E-state index in [1.807, 2.05) is 0 Å². The minimum absolute atomic E-state index is 0.226. The van der Waals surface area contributed by atoms with E-state index >= 15 is 0 Å². The molecule has 1 rings (SSSR count). The largest absolute Gasteiger partial charge is 0.508 e. The minimum Gasteiger partial charge on any atom is -0.430 e. The molecule has 19 heavy (non-hydrogen) atoms. The van der Waals surface area contributed by atoms with Crippen LogP contribution in [0.2, 0.25) is 0 Å². The average molecular weight is 282 g/mol. The summed E-state index contributed by atoms with van der Waals surface area (Å²) in [6, 6.07) is 0. The Morgan fingerprint density at radius 2 is 1.42 bits per heavy atom. The van der Waals surface area contributed by atoms with Crippen molar-refractivity contribution in [3.05, 3.63) is 47.3 Å². The molecule has 0 amide bonds. The lowest BCUT2D eigenvalue weighted by atomic mass is 10.2. The number of benzene rings is 1. The lowest BCUT2D eigenvalue weighted by Gasteiger charge is -2.08. The fraction of sp³-hybridized carbons (Fsp3) is 0.182. The molecule has 0 aliphatic rings. The van der Waals surface area contributed by atoms with Gasteiger partial charge in [0.1, 0.15) is 13.2 Å². The van der Waals surface area contributed by atoms with Gasteiger partial charge in [-0.3, -0.25) is 0 Å². The van der Waals surface area contributed by atoms with Gasteiger partial charge in [-0.1, -0.05) is 12.7 Å². The van der Waals surface area contributed by atoms with Gasteiger partial charge in [0.2, 0.25) is 5.82 Å². The van der Waals surface area contributed by atoms with Crippen molar-refractivity contribution < 1.29 is 36.2 Å². The highest BCUT2D eigenvalue weighted by atomic mass is 19.2. The Balaban J connectivity index is 2.90. The molecular formula is C11H7F5O3. The van der Waals surface area contributed by atoms with Crippen LogP contribution in [0.5, 0.6) is 0 Å². The number of rotatable bonds is 4. The highest BCUT2D eigenvalue weighted by molar-refractivity contribution is 5.60. The Morgan fingerprint density at radius 1 is 0.947 bits per heavy atom. The second-order valence-corrected chi connectivity index (χ2v) is 3.19. The monoisotopic (exact) mass is 282 g/mol. The van der Waals surface area contributed by atoms with Crippen molar-refractivity contribution in [1.82, 2.24) is 0 Å². The molecule has 0 fully saturated rings. The van der Waals surface area contributed by atoms with Crippen LogP contribution >= 0.6 is 0 Å². The van der Waals surface area contributed by atoms with E-state index in [-0.39, 0.29) is 6.61 Å². The SMILES string of the molecule is C=CCOC(=O)OCc1c(F)c(F)c(F)c(F)c1F. The number of carbonyl (C=O) groups is 1. The van der Waals surface area contributed by atoms with Crippen molar-refractivity contribution >= 4 is 6.16 Å². The maximum Gasteiger partial charge on any atom is 0.508 e. The number of carbonyl (C=O) groups excluding carboxylic acids is 1. The number of hydrogen-bond acceptors (Lipinski definition) is 3. The molecule has 0 saturated heterocycles. The van der Waals surface area contributed by atoms with Crippen molar-refractivity contribution in [2.24, 2.45) is 0 Å². The van der Waals surface area contributed by atoms with E-state index in [1.165, 1.54) is 6.08 Å². The number of hydrogen-bond donors (Lipinski definition) is 0. The maximum absolute atomic E-state index is 13.1. The number of ether oxygens (including phenoxy) is 2. The average Bonchev–Trinajstić information content (AvgIpc) is 2.40. The third kappa shape index (κ3) is 3.21. The van der Waals surface area contributed by atoms with Crippen LogP contribution in [-0.2, 0) is 16.1 Å². The molecule has 3 nitrogen and oxygen atoms in total. The first-order chi connectivity index (χ1) is 8.90. The summed E-state index contributed by atoms with van der Waals surface area (Å²) in [5, 5.41) is 0. The summed E-state index contributed by atoms with van der Waals surface area (Å²) in [4.78, 5) is 10.8. The van der Waals surface area contributed by atoms with Gasteiger partial charge < -0.3 is 9.47 Å². The summed E-state index contributed by atoms with van der Waals surface area (Å²) in [5.41, 5.74) is -1.26. The Kier molecular flexibility index (Phi) is 4.85. The predicted molar refractivity (Wildman–Crippen MR) is 52.6 cm³/mol. The van der Waals surface area contributed by atoms with Crippen molar-refractivity contribution in [3.8, 4) is 0 Å². The zero-order valence-corrected chi connectivity index (χ0v) is 9.31. The van der Waals surface area contributed by atoms with Gasteiger partial charge in [-0.25, -0.2) is 26.7 Å². The van der Waals surface area contributed by atoms with Crippen LogP contribution in [0.4, 0.5) is 26.7 Å². The fourth-order valence-electron chi connectivity index (χ4n) is 1.08. The quantitative estimate of drug-likeness (QED) is 0.280. The molecule has 8 heteroatoms. The molecule has 0 N–H and O–H groups in total. The zero-order valence-electron chi connectivity index (χ0n) is 9.31. The van der Waals surface area contributed by atoms with Gasteiger partial charge in [0.15, 0.2) is 23.3 Å². The topological polar surface area (TPSA) is 35.5 Å². The maximum atomic E-state index is 13.1. The van der Waals surface area contributed by atoms with E-state index in [9.17, 15) is 26.7 Å². The van der Waals surface area contributed by atoms with Gasteiger partial charge in [-0.05, 0) is 0 Å². The van der Waals surface area contributed by atoms with Crippen LogP contribution < -0.4 is 0 Å². The van der Waals surface area contributed by atoms with E-state index in [0.29, 0.717) is 0 Å². The molecule has 0 saturated carbocycles. The molecule has 0 heterocycles. The summed E-state index contributed by atoms with van der Waals surface area (Å²) in [5.74, 6) is -10.6. The zero-order chi connectivity index (χ0) is 14.6. The van der Waals surface area contributed by atoms with E-state index in [2.05, 4.69) is 16.1 Å². The molecule has 0 atom stereocenters. The second kappa shape index (κ2) is 6.17. The van der Waals surface area contributed by atoms with Crippen molar-refractivity contribution in [3.63, 3.8) is 0 Å². The van der Waals surface area contributed by atoms with E-state index in [4.69, 9.17) is 0 Å². The van der Waals surface area contributed by atoms with Crippen LogP contribution in [0.1, 0.15) is 5.56 Å².